The van der Waals surface area contributed by atoms with Crippen molar-refractivity contribution in [3.63, 3.8) is 0 Å². The quantitative estimate of drug-likeness (QED) is 0.779. The van der Waals surface area contributed by atoms with Gasteiger partial charge in [-0.2, -0.15) is 0 Å². The van der Waals surface area contributed by atoms with Gasteiger partial charge in [0, 0.05) is 0 Å². The average molecular weight is 387 g/mol. The molecule has 0 radical (unpaired) electrons. The van der Waals surface area contributed by atoms with E-state index in [-0.39, 0.29) is 16.5 Å². The molecule has 1 amide bonds. The smallest absolute Gasteiger partial charge is 0.279 e. The first kappa shape index (κ1) is 17.5. The minimum Gasteiger partial charge on any atom is -0.485 e. The van der Waals surface area contributed by atoms with E-state index in [9.17, 15) is 17.6 Å². The highest BCUT2D eigenvalue weighted by molar-refractivity contribution is 7.89. The Bertz CT molecular complexity index is 922. The summed E-state index contributed by atoms with van der Waals surface area (Å²) in [4.78, 5) is 13.7. The van der Waals surface area contributed by atoms with Crippen LogP contribution < -0.4 is 19.7 Å². The summed E-state index contributed by atoms with van der Waals surface area (Å²) in [6.45, 7) is -0.0764. The monoisotopic (exact) mass is 386 g/mol. The third-order valence-electron chi connectivity index (χ3n) is 3.31. The fourth-order valence-electron chi connectivity index (χ4n) is 2.05. The van der Waals surface area contributed by atoms with Gasteiger partial charge < -0.3 is 9.47 Å². The Morgan fingerprint density at radius 3 is 2.64 bits per heavy atom. The molecule has 25 heavy (non-hydrogen) atoms. The Morgan fingerprint density at radius 2 is 1.92 bits per heavy atom. The van der Waals surface area contributed by atoms with Gasteiger partial charge in [-0.25, -0.2) is 12.8 Å². The number of sulfonamides is 1. The number of nitrogens with one attached hydrogen (secondary N) is 2. The van der Waals surface area contributed by atoms with Crippen molar-refractivity contribution in [1.29, 1.82) is 0 Å². The normalized spacial score (nSPS) is 16.3. The number of ether oxygens (including phenoxy) is 2. The maximum Gasteiger partial charge on any atom is 0.279 e. The zero-order chi connectivity index (χ0) is 18.0. The van der Waals surface area contributed by atoms with Crippen LogP contribution in [0.5, 0.6) is 11.5 Å². The van der Waals surface area contributed by atoms with Gasteiger partial charge in [-0.1, -0.05) is 23.7 Å². The highest BCUT2D eigenvalue weighted by Crippen LogP contribution is 2.30. The molecule has 0 bridgehead atoms. The van der Waals surface area contributed by atoms with Gasteiger partial charge in [0.05, 0.1) is 9.92 Å². The summed E-state index contributed by atoms with van der Waals surface area (Å²) in [5, 5.41) is -0.352. The molecule has 2 N–H and O–H groups in total. The number of hydrogen-bond acceptors (Lipinski definition) is 5. The molecule has 0 unspecified atom stereocenters. The molecule has 0 fully saturated rings. The summed E-state index contributed by atoms with van der Waals surface area (Å²) in [6, 6.07) is 9.64. The molecule has 0 saturated heterocycles. The van der Waals surface area contributed by atoms with E-state index in [1.54, 1.807) is 24.3 Å². The molecule has 3 rings (SSSR count). The molecule has 1 heterocycles. The average Bonchev–Trinajstić information content (AvgIpc) is 2.61. The molecule has 7 nitrogen and oxygen atoms in total. The first-order valence-corrected chi connectivity index (χ1v) is 8.88. The van der Waals surface area contributed by atoms with Gasteiger partial charge in [-0.05, 0) is 30.3 Å². The van der Waals surface area contributed by atoms with Crippen LogP contribution in [-0.2, 0) is 14.8 Å². The number of hydrazine groups is 1. The van der Waals surface area contributed by atoms with Crippen LogP contribution in [0.3, 0.4) is 0 Å². The highest BCUT2D eigenvalue weighted by Gasteiger charge is 2.28. The molecule has 1 atom stereocenters. The lowest BCUT2D eigenvalue weighted by molar-refractivity contribution is -0.130. The van der Waals surface area contributed by atoms with Gasteiger partial charge >= 0.3 is 0 Å². The lowest BCUT2D eigenvalue weighted by Crippen LogP contribution is -2.50. The summed E-state index contributed by atoms with van der Waals surface area (Å²) < 4.78 is 48.2. The predicted molar refractivity (Wildman–Crippen MR) is 86.2 cm³/mol. The number of carbonyl (C=O) groups is 1. The maximum absolute atomic E-state index is 13.1. The Labute approximate surface area is 147 Å². The van der Waals surface area contributed by atoms with Gasteiger partial charge in [0.1, 0.15) is 12.4 Å². The van der Waals surface area contributed by atoms with E-state index < -0.39 is 27.9 Å². The number of amides is 1. The summed E-state index contributed by atoms with van der Waals surface area (Å²) in [6.07, 6.45) is -1.03. The number of fused-ring (bicyclic) bond motifs is 1. The summed E-state index contributed by atoms with van der Waals surface area (Å²) >= 11 is 5.56. The van der Waals surface area contributed by atoms with E-state index >= 15 is 0 Å². The van der Waals surface area contributed by atoms with E-state index in [2.05, 4.69) is 0 Å². The van der Waals surface area contributed by atoms with Gasteiger partial charge in [0.15, 0.2) is 11.5 Å². The fraction of sp³-hybridized carbons (Fsp3) is 0.133. The van der Waals surface area contributed by atoms with Crippen molar-refractivity contribution in [2.75, 3.05) is 6.61 Å². The van der Waals surface area contributed by atoms with Crippen molar-refractivity contribution >= 4 is 27.5 Å². The van der Waals surface area contributed by atoms with Crippen LogP contribution in [0.2, 0.25) is 5.02 Å². The molecule has 1 aliphatic heterocycles. The van der Waals surface area contributed by atoms with Crippen LogP contribution in [-0.4, -0.2) is 27.0 Å². The molecule has 0 aliphatic carbocycles. The Morgan fingerprint density at radius 1 is 1.20 bits per heavy atom. The largest absolute Gasteiger partial charge is 0.485 e. The van der Waals surface area contributed by atoms with Crippen molar-refractivity contribution < 1.29 is 27.1 Å². The SMILES string of the molecule is O=C(NNS(=O)(=O)c1ccc(F)c(Cl)c1)[C@H]1COc2ccccc2O1. The van der Waals surface area contributed by atoms with Crippen LogP contribution >= 0.6 is 11.6 Å². The molecule has 2 aromatic carbocycles. The van der Waals surface area contributed by atoms with Gasteiger partial charge in [-0.3, -0.25) is 10.2 Å². The van der Waals surface area contributed by atoms with E-state index in [1.165, 1.54) is 0 Å². The van der Waals surface area contributed by atoms with Crippen molar-refractivity contribution in [2.24, 2.45) is 0 Å². The predicted octanol–water partition coefficient (Wildman–Crippen LogP) is 1.63. The fourth-order valence-corrected chi connectivity index (χ4v) is 3.17. The van der Waals surface area contributed by atoms with Crippen molar-refractivity contribution in [3.05, 3.63) is 53.3 Å². The van der Waals surface area contributed by atoms with Crippen LogP contribution in [0.15, 0.2) is 47.4 Å². The summed E-state index contributed by atoms with van der Waals surface area (Å²) in [5.41, 5.74) is 2.04. The second-order valence-corrected chi connectivity index (χ2v) is 7.12. The maximum atomic E-state index is 13.1. The highest BCUT2D eigenvalue weighted by atomic mass is 35.5. The Kier molecular flexibility index (Phi) is 4.80. The molecular weight excluding hydrogens is 375 g/mol. The Balaban J connectivity index is 1.65. The van der Waals surface area contributed by atoms with E-state index in [0.29, 0.717) is 11.5 Å². The number of hydrogen-bond donors (Lipinski definition) is 2. The van der Waals surface area contributed by atoms with E-state index in [0.717, 1.165) is 18.2 Å². The minimum absolute atomic E-state index is 0.0764. The van der Waals surface area contributed by atoms with E-state index in [1.807, 2.05) is 10.3 Å². The molecule has 0 aromatic heterocycles. The van der Waals surface area contributed by atoms with Gasteiger partial charge in [0.2, 0.25) is 6.10 Å². The zero-order valence-electron chi connectivity index (χ0n) is 12.5. The summed E-state index contributed by atoms with van der Waals surface area (Å²) in [5.74, 6) is -0.627. The molecule has 1 aliphatic rings. The van der Waals surface area contributed by atoms with E-state index in [4.69, 9.17) is 21.1 Å². The van der Waals surface area contributed by atoms with Crippen LogP contribution in [0.1, 0.15) is 0 Å². The first-order valence-electron chi connectivity index (χ1n) is 7.02. The zero-order valence-corrected chi connectivity index (χ0v) is 14.1. The minimum atomic E-state index is -4.12. The number of rotatable bonds is 4. The first-order chi connectivity index (χ1) is 11.9. The molecule has 2 aromatic rings. The second-order valence-electron chi connectivity index (χ2n) is 5.03. The number of benzene rings is 2. The van der Waals surface area contributed by atoms with Crippen molar-refractivity contribution in [2.45, 2.75) is 11.0 Å². The van der Waals surface area contributed by atoms with Gasteiger partial charge in [-0.15, -0.1) is 4.83 Å². The number of halogens is 2. The molecule has 10 heteroatoms. The number of carbonyl (C=O) groups excluding carboxylic acids is 1. The van der Waals surface area contributed by atoms with Gasteiger partial charge in [0.25, 0.3) is 15.9 Å². The molecule has 0 spiro atoms. The topological polar surface area (TPSA) is 93.7 Å². The second kappa shape index (κ2) is 6.87. The van der Waals surface area contributed by atoms with Crippen molar-refractivity contribution in [3.8, 4) is 11.5 Å². The Hall–Kier alpha value is -2.36. The van der Waals surface area contributed by atoms with Crippen molar-refractivity contribution in [1.82, 2.24) is 10.3 Å². The molecular formula is C15H12ClFN2O5S. The lowest BCUT2D eigenvalue weighted by Gasteiger charge is -2.25. The summed E-state index contributed by atoms with van der Waals surface area (Å²) in [7, 11) is -4.12. The van der Waals surface area contributed by atoms with Crippen LogP contribution in [0.25, 0.3) is 0 Å². The standard InChI is InChI=1S/C15H12ClFN2O5S/c16-10-7-9(5-6-11(10)17)25(21,22)19-18-15(20)14-8-23-12-3-1-2-4-13(12)24-14/h1-7,14,19H,8H2,(H,18,20)/t14-/m1/s1. The third kappa shape index (κ3) is 3.84. The number of para-hydroxylation sites is 2. The molecule has 132 valence electrons. The third-order valence-corrected chi connectivity index (χ3v) is 4.85. The molecule has 0 saturated carbocycles. The van der Waals surface area contributed by atoms with Crippen LogP contribution in [0.4, 0.5) is 4.39 Å². The lowest BCUT2D eigenvalue weighted by atomic mass is 10.2. The van der Waals surface area contributed by atoms with Crippen LogP contribution in [0, 0.1) is 5.82 Å².